The highest BCUT2D eigenvalue weighted by atomic mass is 16.2. The zero-order chi connectivity index (χ0) is 11.6. The van der Waals surface area contributed by atoms with Gasteiger partial charge in [-0.3, -0.25) is 4.79 Å². The molecule has 0 aromatic carbocycles. The normalized spacial score (nSPS) is 32.1. The summed E-state index contributed by atoms with van der Waals surface area (Å²) in [4.78, 5) is 11.6. The second kappa shape index (κ2) is 4.74. The summed E-state index contributed by atoms with van der Waals surface area (Å²) in [6.07, 6.45) is 8.28. The van der Waals surface area contributed by atoms with Crippen LogP contribution in [0.4, 0.5) is 0 Å². The fourth-order valence-corrected chi connectivity index (χ4v) is 2.75. The molecule has 92 valence electrons. The van der Waals surface area contributed by atoms with E-state index in [1.807, 2.05) is 0 Å². The number of rotatable bonds is 4. The predicted molar refractivity (Wildman–Crippen MR) is 64.9 cm³/mol. The molecule has 3 heteroatoms. The third-order valence-corrected chi connectivity index (χ3v) is 4.12. The van der Waals surface area contributed by atoms with E-state index in [9.17, 15) is 4.79 Å². The molecule has 2 saturated carbocycles. The van der Waals surface area contributed by atoms with E-state index in [2.05, 4.69) is 12.2 Å². The van der Waals surface area contributed by atoms with Gasteiger partial charge in [-0.05, 0) is 37.5 Å². The van der Waals surface area contributed by atoms with Crippen LogP contribution >= 0.6 is 0 Å². The molecule has 2 rings (SSSR count). The predicted octanol–water partition coefficient (Wildman–Crippen LogP) is 1.81. The molecule has 2 atom stereocenters. The largest absolute Gasteiger partial charge is 0.354 e. The highest BCUT2D eigenvalue weighted by molar-refractivity contribution is 5.88. The molecule has 0 aromatic heterocycles. The molecule has 0 saturated heterocycles. The van der Waals surface area contributed by atoms with Gasteiger partial charge in [0, 0.05) is 6.54 Å². The lowest BCUT2D eigenvalue weighted by atomic mass is 9.81. The van der Waals surface area contributed by atoms with Crippen LogP contribution in [0.15, 0.2) is 0 Å². The highest BCUT2D eigenvalue weighted by Gasteiger charge is 2.45. The molecular formula is C13H24N2O. The maximum atomic E-state index is 11.6. The minimum atomic E-state index is -0.500. The van der Waals surface area contributed by atoms with Gasteiger partial charge >= 0.3 is 0 Å². The minimum Gasteiger partial charge on any atom is -0.354 e. The Bertz CT molecular complexity index is 261. The zero-order valence-corrected chi connectivity index (χ0v) is 10.3. The molecule has 0 radical (unpaired) electrons. The van der Waals surface area contributed by atoms with Gasteiger partial charge in [-0.1, -0.05) is 26.2 Å². The van der Waals surface area contributed by atoms with E-state index in [0.717, 1.165) is 37.6 Å². The van der Waals surface area contributed by atoms with Crippen molar-refractivity contribution < 1.29 is 4.79 Å². The highest BCUT2D eigenvalue weighted by Crippen LogP contribution is 2.32. The van der Waals surface area contributed by atoms with E-state index in [0.29, 0.717) is 0 Å². The molecule has 2 aliphatic carbocycles. The Hall–Kier alpha value is -0.570. The summed E-state index contributed by atoms with van der Waals surface area (Å²) in [7, 11) is 0. The van der Waals surface area contributed by atoms with Gasteiger partial charge < -0.3 is 11.1 Å². The third kappa shape index (κ3) is 2.97. The first-order valence-electron chi connectivity index (χ1n) is 6.67. The molecule has 0 spiro atoms. The van der Waals surface area contributed by atoms with Gasteiger partial charge in [0.05, 0.1) is 5.54 Å². The summed E-state index contributed by atoms with van der Waals surface area (Å²) >= 11 is 0. The van der Waals surface area contributed by atoms with Crippen LogP contribution in [0.5, 0.6) is 0 Å². The molecule has 3 N–H and O–H groups in total. The van der Waals surface area contributed by atoms with E-state index in [4.69, 9.17) is 5.73 Å². The van der Waals surface area contributed by atoms with Crippen LogP contribution in [0.1, 0.15) is 51.9 Å². The molecule has 16 heavy (non-hydrogen) atoms. The third-order valence-electron chi connectivity index (χ3n) is 4.12. The van der Waals surface area contributed by atoms with Crippen LogP contribution in [0, 0.1) is 11.8 Å². The average Bonchev–Trinajstić information content (AvgIpc) is 2.98. The minimum absolute atomic E-state index is 0.0661. The fourth-order valence-electron chi connectivity index (χ4n) is 2.75. The summed E-state index contributed by atoms with van der Waals surface area (Å²) < 4.78 is 0. The number of amides is 1. The van der Waals surface area contributed by atoms with Crippen molar-refractivity contribution >= 4 is 5.91 Å². The van der Waals surface area contributed by atoms with Crippen molar-refractivity contribution in [2.45, 2.75) is 57.4 Å². The Morgan fingerprint density at radius 2 is 2.19 bits per heavy atom. The Balaban J connectivity index is 1.62. The lowest BCUT2D eigenvalue weighted by molar-refractivity contribution is -0.123. The monoisotopic (exact) mass is 224 g/mol. The van der Waals surface area contributed by atoms with E-state index in [-0.39, 0.29) is 5.91 Å². The molecule has 3 nitrogen and oxygen atoms in total. The van der Waals surface area contributed by atoms with Crippen molar-refractivity contribution in [1.29, 1.82) is 0 Å². The van der Waals surface area contributed by atoms with Crippen LogP contribution in [0.3, 0.4) is 0 Å². The van der Waals surface area contributed by atoms with Gasteiger partial charge in [-0.15, -0.1) is 0 Å². The van der Waals surface area contributed by atoms with Crippen LogP contribution < -0.4 is 11.1 Å². The van der Waals surface area contributed by atoms with Crippen molar-refractivity contribution in [3.63, 3.8) is 0 Å². The lowest BCUT2D eigenvalue weighted by Gasteiger charge is -2.26. The standard InChI is InChI=1S/C13H24N2O/c1-10-3-2-4-11(9-10)5-8-15-12(16)13(14)6-7-13/h10-11H,2-9,14H2,1H3,(H,15,16). The lowest BCUT2D eigenvalue weighted by Crippen LogP contribution is -2.43. The SMILES string of the molecule is CC1CCCC(CCNC(=O)C2(N)CC2)C1. The van der Waals surface area contributed by atoms with Crippen LogP contribution in [0.2, 0.25) is 0 Å². The van der Waals surface area contributed by atoms with Gasteiger partial charge in [0.2, 0.25) is 5.91 Å². The van der Waals surface area contributed by atoms with Crippen LogP contribution in [-0.2, 0) is 4.79 Å². The molecule has 0 aromatic rings. The Morgan fingerprint density at radius 3 is 2.81 bits per heavy atom. The molecule has 1 amide bonds. The van der Waals surface area contributed by atoms with Gasteiger partial charge in [-0.2, -0.15) is 0 Å². The summed E-state index contributed by atoms with van der Waals surface area (Å²) in [5.41, 5.74) is 5.32. The summed E-state index contributed by atoms with van der Waals surface area (Å²) in [5.74, 6) is 1.76. The summed E-state index contributed by atoms with van der Waals surface area (Å²) in [6.45, 7) is 3.15. The Morgan fingerprint density at radius 1 is 1.44 bits per heavy atom. The smallest absolute Gasteiger partial charge is 0.240 e. The number of carbonyl (C=O) groups is 1. The van der Waals surface area contributed by atoms with Crippen molar-refractivity contribution in [3.05, 3.63) is 0 Å². The van der Waals surface area contributed by atoms with E-state index < -0.39 is 5.54 Å². The number of carbonyl (C=O) groups excluding carboxylic acids is 1. The molecular weight excluding hydrogens is 200 g/mol. The van der Waals surface area contributed by atoms with Crippen molar-refractivity contribution in [1.82, 2.24) is 5.32 Å². The molecule has 0 aliphatic heterocycles. The molecule has 0 heterocycles. The molecule has 2 unspecified atom stereocenters. The van der Waals surface area contributed by atoms with E-state index in [1.165, 1.54) is 25.7 Å². The maximum absolute atomic E-state index is 11.6. The van der Waals surface area contributed by atoms with Gasteiger partial charge in [0.1, 0.15) is 0 Å². The van der Waals surface area contributed by atoms with Gasteiger partial charge in [0.15, 0.2) is 0 Å². The van der Waals surface area contributed by atoms with Crippen molar-refractivity contribution in [2.75, 3.05) is 6.54 Å². The quantitative estimate of drug-likeness (QED) is 0.765. The summed E-state index contributed by atoms with van der Waals surface area (Å²) in [6, 6.07) is 0. The van der Waals surface area contributed by atoms with E-state index in [1.54, 1.807) is 0 Å². The first-order chi connectivity index (χ1) is 7.60. The zero-order valence-electron chi connectivity index (χ0n) is 10.3. The fraction of sp³-hybridized carbons (Fsp3) is 0.923. The molecule has 2 fully saturated rings. The molecule has 0 bridgehead atoms. The van der Waals surface area contributed by atoms with Crippen molar-refractivity contribution in [2.24, 2.45) is 17.6 Å². The van der Waals surface area contributed by atoms with Gasteiger partial charge in [-0.25, -0.2) is 0 Å². The summed E-state index contributed by atoms with van der Waals surface area (Å²) in [5, 5.41) is 2.98. The first-order valence-corrected chi connectivity index (χ1v) is 6.67. The van der Waals surface area contributed by atoms with E-state index >= 15 is 0 Å². The number of nitrogens with one attached hydrogen (secondary N) is 1. The van der Waals surface area contributed by atoms with Crippen LogP contribution in [0.25, 0.3) is 0 Å². The van der Waals surface area contributed by atoms with Gasteiger partial charge in [0.25, 0.3) is 0 Å². The van der Waals surface area contributed by atoms with Crippen LogP contribution in [-0.4, -0.2) is 18.0 Å². The Kier molecular flexibility index (Phi) is 3.53. The maximum Gasteiger partial charge on any atom is 0.240 e. The topological polar surface area (TPSA) is 55.1 Å². The Labute approximate surface area is 98.2 Å². The number of hydrogen-bond donors (Lipinski definition) is 2. The second-order valence-electron chi connectivity index (χ2n) is 5.84. The first kappa shape index (κ1) is 11.9. The second-order valence-corrected chi connectivity index (χ2v) is 5.84. The number of hydrogen-bond acceptors (Lipinski definition) is 2. The van der Waals surface area contributed by atoms with Crippen molar-refractivity contribution in [3.8, 4) is 0 Å². The average molecular weight is 224 g/mol. The number of nitrogens with two attached hydrogens (primary N) is 1. The molecule has 2 aliphatic rings.